The van der Waals surface area contributed by atoms with E-state index in [1.165, 1.54) is 22.7 Å². The molecule has 2 aliphatic heterocycles. The van der Waals surface area contributed by atoms with E-state index in [4.69, 9.17) is 4.74 Å². The summed E-state index contributed by atoms with van der Waals surface area (Å²) in [7, 11) is 3.66. The van der Waals surface area contributed by atoms with Crippen molar-refractivity contribution >= 4 is 28.6 Å². The molecule has 0 amide bonds. The third-order valence-corrected chi connectivity index (χ3v) is 5.76. The van der Waals surface area contributed by atoms with E-state index >= 15 is 0 Å². The van der Waals surface area contributed by atoms with Gasteiger partial charge in [0.1, 0.15) is 0 Å². The van der Waals surface area contributed by atoms with E-state index in [0.29, 0.717) is 18.0 Å². The lowest BCUT2D eigenvalue weighted by atomic mass is 9.76. The van der Waals surface area contributed by atoms with Crippen molar-refractivity contribution in [2.75, 3.05) is 14.2 Å². The number of piperidine rings is 1. The molecule has 0 N–H and O–H groups in total. The van der Waals surface area contributed by atoms with Crippen LogP contribution in [0.15, 0.2) is 24.3 Å². The summed E-state index contributed by atoms with van der Waals surface area (Å²) in [5.41, 5.74) is 1.28. The lowest BCUT2D eigenvalue weighted by Crippen LogP contribution is -2.49. The maximum Gasteiger partial charge on any atom is 0.310 e. The first-order chi connectivity index (χ1) is 9.61. The fraction of sp³-hybridized carbons (Fsp3) is 0.562. The molecule has 0 spiro atoms. The van der Waals surface area contributed by atoms with Gasteiger partial charge in [0.05, 0.1) is 13.0 Å². The standard InChI is InChI=1S/C16H20INO2/c1-18-12-7-8-14(18)15(16(19)20-2)13(9-12)10-3-5-11(17)6-4-10/h3-6,12-15H,7-9H2,1-2H3/t12?,13-,14?,15+/m1/s1/i17-4. The first kappa shape index (κ1) is 14.3. The Bertz CT molecular complexity index is 502. The molecule has 0 radical (unpaired) electrons. The van der Waals surface area contributed by atoms with Gasteiger partial charge in [-0.25, -0.2) is 0 Å². The number of halogens is 1. The lowest BCUT2D eigenvalue weighted by molar-refractivity contribution is -0.150. The van der Waals surface area contributed by atoms with Crippen LogP contribution >= 0.6 is 22.6 Å². The number of nitrogens with zero attached hydrogens (tertiary/aromatic N) is 1. The van der Waals surface area contributed by atoms with Crippen LogP contribution in [0.25, 0.3) is 0 Å². The third kappa shape index (κ3) is 2.37. The minimum atomic E-state index is -0.0502. The fourth-order valence-electron chi connectivity index (χ4n) is 3.98. The molecule has 4 heteroatoms. The molecular weight excluding hydrogens is 361 g/mol. The van der Waals surface area contributed by atoms with Crippen LogP contribution in [0, 0.1) is 9.49 Å². The highest BCUT2D eigenvalue weighted by molar-refractivity contribution is 14.1. The molecule has 3 nitrogen and oxygen atoms in total. The normalized spacial score (nSPS) is 33.1. The largest absolute Gasteiger partial charge is 0.469 e. The monoisotopic (exact) mass is 381 g/mol. The molecule has 0 saturated carbocycles. The van der Waals surface area contributed by atoms with Gasteiger partial charge in [0, 0.05) is 21.6 Å². The quantitative estimate of drug-likeness (QED) is 0.583. The number of hydrogen-bond acceptors (Lipinski definition) is 3. The predicted octanol–water partition coefficient (Wildman–Crippen LogP) is 3.03. The van der Waals surface area contributed by atoms with E-state index in [9.17, 15) is 4.79 Å². The van der Waals surface area contributed by atoms with Crippen LogP contribution in [-0.4, -0.2) is 37.1 Å². The fourth-order valence-corrected chi connectivity index (χ4v) is 4.34. The summed E-state index contributed by atoms with van der Waals surface area (Å²) in [6, 6.07) is 9.56. The topological polar surface area (TPSA) is 29.5 Å². The van der Waals surface area contributed by atoms with E-state index in [1.54, 1.807) is 0 Å². The van der Waals surface area contributed by atoms with E-state index in [0.717, 1.165) is 12.8 Å². The Kier molecular flexibility index (Phi) is 4.04. The van der Waals surface area contributed by atoms with E-state index in [2.05, 4.69) is 58.8 Å². The molecule has 2 heterocycles. The maximum atomic E-state index is 12.3. The Morgan fingerprint density at radius 3 is 2.65 bits per heavy atom. The molecule has 2 fully saturated rings. The number of ether oxygens (including phenoxy) is 1. The number of benzene rings is 1. The van der Waals surface area contributed by atoms with Crippen molar-refractivity contribution in [1.29, 1.82) is 0 Å². The summed E-state index contributed by atoms with van der Waals surface area (Å²) < 4.78 is 6.33. The van der Waals surface area contributed by atoms with Crippen LogP contribution in [0.4, 0.5) is 0 Å². The van der Waals surface area contributed by atoms with E-state index in [-0.39, 0.29) is 11.9 Å². The first-order valence-electron chi connectivity index (χ1n) is 7.17. The molecule has 3 rings (SSSR count). The minimum Gasteiger partial charge on any atom is -0.469 e. The molecule has 2 bridgehead atoms. The van der Waals surface area contributed by atoms with Crippen LogP contribution < -0.4 is 0 Å². The molecule has 2 aliphatic rings. The highest BCUT2D eigenvalue weighted by atomic mass is 123. The van der Waals surface area contributed by atoms with Crippen molar-refractivity contribution in [2.24, 2.45) is 5.92 Å². The summed E-state index contributed by atoms with van der Waals surface area (Å²) in [4.78, 5) is 14.7. The van der Waals surface area contributed by atoms with Gasteiger partial charge < -0.3 is 4.74 Å². The van der Waals surface area contributed by atoms with Gasteiger partial charge in [-0.1, -0.05) is 12.1 Å². The Hall–Kier alpha value is -0.620. The zero-order valence-corrected chi connectivity index (χ0v) is 14.0. The zero-order chi connectivity index (χ0) is 14.3. The van der Waals surface area contributed by atoms with Gasteiger partial charge in [0.15, 0.2) is 0 Å². The van der Waals surface area contributed by atoms with Crippen molar-refractivity contribution in [3.63, 3.8) is 0 Å². The van der Waals surface area contributed by atoms with Crippen LogP contribution in [0.3, 0.4) is 0 Å². The van der Waals surface area contributed by atoms with Crippen molar-refractivity contribution in [3.05, 3.63) is 33.4 Å². The molecule has 20 heavy (non-hydrogen) atoms. The van der Waals surface area contributed by atoms with Gasteiger partial charge in [-0.05, 0) is 66.6 Å². The molecule has 1 aromatic carbocycles. The number of carbonyl (C=O) groups is 1. The third-order valence-electron chi connectivity index (χ3n) is 5.04. The Morgan fingerprint density at radius 1 is 1.30 bits per heavy atom. The van der Waals surface area contributed by atoms with Gasteiger partial charge in [0.25, 0.3) is 0 Å². The van der Waals surface area contributed by atoms with Crippen molar-refractivity contribution < 1.29 is 9.53 Å². The summed E-state index contributed by atoms with van der Waals surface area (Å²) >= 11 is 2.32. The van der Waals surface area contributed by atoms with Crippen LogP contribution in [-0.2, 0) is 9.53 Å². The zero-order valence-electron chi connectivity index (χ0n) is 11.9. The summed E-state index contributed by atoms with van der Waals surface area (Å²) in [6.45, 7) is 0. The average molecular weight is 381 g/mol. The maximum absolute atomic E-state index is 12.3. The van der Waals surface area contributed by atoms with Gasteiger partial charge >= 0.3 is 5.97 Å². The Labute approximate surface area is 133 Å². The number of methoxy groups -OCH3 is 1. The highest BCUT2D eigenvalue weighted by Crippen LogP contribution is 2.46. The number of rotatable bonds is 2. The molecule has 108 valence electrons. The number of hydrogen-bond donors (Lipinski definition) is 0. The molecule has 0 aliphatic carbocycles. The number of carbonyl (C=O) groups excluding carboxylic acids is 1. The SMILES string of the molecule is COC(=O)[C@@H]1C2CCC(C[C@@H]1c1ccc([123I])cc1)N2C. The van der Waals surface area contributed by atoms with Gasteiger partial charge in [-0.2, -0.15) is 0 Å². The minimum absolute atomic E-state index is 0.0242. The molecular formula is C16H20INO2. The van der Waals surface area contributed by atoms with E-state index in [1.807, 2.05) is 0 Å². The molecule has 2 saturated heterocycles. The second-order valence-corrected chi connectivity index (χ2v) is 7.15. The van der Waals surface area contributed by atoms with Gasteiger partial charge in [-0.3, -0.25) is 9.69 Å². The summed E-state index contributed by atoms with van der Waals surface area (Å²) in [6.07, 6.45) is 3.38. The Morgan fingerprint density at radius 2 is 2.00 bits per heavy atom. The predicted molar refractivity (Wildman–Crippen MR) is 86.6 cm³/mol. The van der Waals surface area contributed by atoms with Crippen LogP contribution in [0.2, 0.25) is 0 Å². The summed E-state index contributed by atoms with van der Waals surface area (Å²) in [5.74, 6) is 0.225. The van der Waals surface area contributed by atoms with Crippen molar-refractivity contribution in [1.82, 2.24) is 4.90 Å². The van der Waals surface area contributed by atoms with E-state index < -0.39 is 0 Å². The first-order valence-corrected chi connectivity index (χ1v) is 8.25. The molecule has 1 aromatic rings. The van der Waals surface area contributed by atoms with Gasteiger partial charge in [-0.15, -0.1) is 0 Å². The molecule has 4 atom stereocenters. The van der Waals surface area contributed by atoms with Crippen molar-refractivity contribution in [2.45, 2.75) is 37.3 Å². The second kappa shape index (κ2) is 5.64. The molecule has 0 aromatic heterocycles. The number of fused-ring (bicyclic) bond motifs is 2. The highest BCUT2D eigenvalue weighted by Gasteiger charge is 2.49. The Balaban J connectivity index is 1.95. The number of esters is 1. The lowest BCUT2D eigenvalue weighted by Gasteiger charge is -2.41. The van der Waals surface area contributed by atoms with Crippen LogP contribution in [0.5, 0.6) is 0 Å². The summed E-state index contributed by atoms with van der Waals surface area (Å²) in [5, 5.41) is 0. The van der Waals surface area contributed by atoms with Crippen LogP contribution in [0.1, 0.15) is 30.7 Å². The molecule has 2 unspecified atom stereocenters. The van der Waals surface area contributed by atoms with Crippen molar-refractivity contribution in [3.8, 4) is 0 Å². The average Bonchev–Trinajstić information content (AvgIpc) is 2.70. The van der Waals surface area contributed by atoms with Gasteiger partial charge in [0.2, 0.25) is 0 Å². The smallest absolute Gasteiger partial charge is 0.310 e. The second-order valence-electron chi connectivity index (χ2n) is 5.91.